The molecule has 1 aromatic carbocycles. The maximum Gasteiger partial charge on any atom is 0.335 e. The van der Waals surface area contributed by atoms with Crippen LogP contribution in [-0.4, -0.2) is 75.1 Å². The first-order chi connectivity index (χ1) is 14.2. The van der Waals surface area contributed by atoms with Crippen LogP contribution in [0.15, 0.2) is 18.2 Å². The first-order valence-corrected chi connectivity index (χ1v) is 10.7. The van der Waals surface area contributed by atoms with Crippen LogP contribution in [0.3, 0.4) is 0 Å². The zero-order chi connectivity index (χ0) is 22.3. The van der Waals surface area contributed by atoms with E-state index in [1.165, 1.54) is 37.8 Å². The molecule has 1 aromatic rings. The third kappa shape index (κ3) is 7.68. The molecule has 0 aromatic heterocycles. The number of hydrogen-bond donors (Lipinski definition) is 5. The van der Waals surface area contributed by atoms with Gasteiger partial charge in [0.05, 0.1) is 10.0 Å². The highest BCUT2D eigenvalue weighted by Crippen LogP contribution is 2.33. The van der Waals surface area contributed by atoms with Gasteiger partial charge in [-0.1, -0.05) is 35.3 Å². The van der Waals surface area contributed by atoms with Gasteiger partial charge in [0.1, 0.15) is 0 Å². The van der Waals surface area contributed by atoms with Crippen LogP contribution in [0.1, 0.15) is 31.2 Å². The van der Waals surface area contributed by atoms with E-state index >= 15 is 0 Å². The standard InChI is InChI=1S/C16H22Cl2N2.C4H6O6/c17-15-3-1-2-13(16(15)18)11-20(10-12-4-5-12)14-6-8-19-9-7-14;5-1(3(7)8)2(6)4(9)10/h1-3,12,14,19H,4-11H2;1-2,5-6H,(H,7,8)(H,9,10). The summed E-state index contributed by atoms with van der Waals surface area (Å²) in [6, 6.07) is 6.66. The molecule has 168 valence electrons. The highest BCUT2D eigenvalue weighted by atomic mass is 35.5. The number of rotatable bonds is 8. The molecule has 10 heteroatoms. The molecule has 3 rings (SSSR count). The van der Waals surface area contributed by atoms with Gasteiger partial charge in [0.25, 0.3) is 0 Å². The number of piperidine rings is 1. The van der Waals surface area contributed by atoms with E-state index < -0.39 is 24.1 Å². The molecule has 2 unspecified atom stereocenters. The molecule has 1 saturated carbocycles. The smallest absolute Gasteiger partial charge is 0.335 e. The van der Waals surface area contributed by atoms with Crippen molar-refractivity contribution in [1.29, 1.82) is 0 Å². The summed E-state index contributed by atoms with van der Waals surface area (Å²) in [4.78, 5) is 22.2. The predicted octanol–water partition coefficient (Wildman–Crippen LogP) is 1.83. The number of aliphatic carboxylic acids is 2. The van der Waals surface area contributed by atoms with Crippen LogP contribution >= 0.6 is 23.2 Å². The van der Waals surface area contributed by atoms with Crippen molar-refractivity contribution in [2.45, 2.75) is 50.5 Å². The average Bonchev–Trinajstić information content (AvgIpc) is 3.54. The van der Waals surface area contributed by atoms with Gasteiger partial charge < -0.3 is 25.7 Å². The lowest BCUT2D eigenvalue weighted by Gasteiger charge is -2.35. The number of aliphatic hydroxyl groups excluding tert-OH is 2. The Labute approximate surface area is 185 Å². The third-order valence-electron chi connectivity index (χ3n) is 5.22. The molecule has 2 fully saturated rings. The minimum absolute atomic E-state index is 0.667. The van der Waals surface area contributed by atoms with Gasteiger partial charge in [-0.15, -0.1) is 0 Å². The van der Waals surface area contributed by atoms with E-state index in [2.05, 4.69) is 16.3 Å². The Kier molecular flexibility index (Phi) is 9.80. The Morgan fingerprint density at radius 3 is 2.10 bits per heavy atom. The largest absolute Gasteiger partial charge is 0.479 e. The number of nitrogens with one attached hydrogen (secondary N) is 1. The quantitative estimate of drug-likeness (QED) is 0.395. The normalized spacial score (nSPS) is 19.0. The lowest BCUT2D eigenvalue weighted by atomic mass is 10.0. The lowest BCUT2D eigenvalue weighted by molar-refractivity contribution is -0.165. The second-order valence-corrected chi connectivity index (χ2v) is 8.42. The molecule has 1 heterocycles. The van der Waals surface area contributed by atoms with Gasteiger partial charge >= 0.3 is 11.9 Å². The zero-order valence-corrected chi connectivity index (χ0v) is 18.0. The molecule has 0 spiro atoms. The van der Waals surface area contributed by atoms with Crippen molar-refractivity contribution < 1.29 is 30.0 Å². The van der Waals surface area contributed by atoms with Crippen molar-refractivity contribution >= 4 is 35.1 Å². The molecule has 0 amide bonds. The minimum atomic E-state index is -2.27. The summed E-state index contributed by atoms with van der Waals surface area (Å²) in [6.45, 7) is 4.41. The van der Waals surface area contributed by atoms with Crippen LogP contribution in [-0.2, 0) is 16.1 Å². The summed E-state index contributed by atoms with van der Waals surface area (Å²) in [6.07, 6.45) is 0.737. The van der Waals surface area contributed by atoms with E-state index in [1.54, 1.807) is 0 Å². The van der Waals surface area contributed by atoms with E-state index in [4.69, 9.17) is 43.6 Å². The molecule has 0 radical (unpaired) electrons. The Balaban J connectivity index is 0.000000274. The number of carboxylic acids is 2. The van der Waals surface area contributed by atoms with Crippen LogP contribution in [0, 0.1) is 5.92 Å². The molecule has 1 aliphatic carbocycles. The van der Waals surface area contributed by atoms with E-state index in [0.717, 1.165) is 30.6 Å². The molecule has 8 nitrogen and oxygen atoms in total. The van der Waals surface area contributed by atoms with Crippen LogP contribution in [0.5, 0.6) is 0 Å². The number of halogens is 2. The van der Waals surface area contributed by atoms with Crippen molar-refractivity contribution in [3.63, 3.8) is 0 Å². The van der Waals surface area contributed by atoms with Gasteiger partial charge in [-0.2, -0.15) is 0 Å². The summed E-state index contributed by atoms with van der Waals surface area (Å²) in [7, 11) is 0. The summed E-state index contributed by atoms with van der Waals surface area (Å²) in [5, 5.41) is 37.4. The Morgan fingerprint density at radius 2 is 1.60 bits per heavy atom. The van der Waals surface area contributed by atoms with Gasteiger partial charge in [0, 0.05) is 19.1 Å². The SMILES string of the molecule is Clc1cccc(CN(CC2CC2)C2CCNCC2)c1Cl.O=C(O)C(O)C(O)C(=O)O. The van der Waals surface area contributed by atoms with E-state index in [1.807, 2.05) is 12.1 Å². The van der Waals surface area contributed by atoms with Gasteiger partial charge in [-0.25, -0.2) is 9.59 Å². The molecular weight excluding hydrogens is 435 g/mol. The number of carbonyl (C=O) groups is 2. The fraction of sp³-hybridized carbons (Fsp3) is 0.600. The maximum absolute atomic E-state index is 9.77. The molecular formula is C20H28Cl2N2O6. The first kappa shape index (κ1) is 24.8. The molecule has 1 aliphatic heterocycles. The maximum atomic E-state index is 9.77. The number of benzene rings is 1. The van der Waals surface area contributed by atoms with E-state index in [-0.39, 0.29) is 0 Å². The number of hydrogen-bond acceptors (Lipinski definition) is 6. The topological polar surface area (TPSA) is 130 Å². The molecule has 2 aliphatic rings. The minimum Gasteiger partial charge on any atom is -0.479 e. The van der Waals surface area contributed by atoms with Gasteiger partial charge in [-0.05, 0) is 56.3 Å². The lowest BCUT2D eigenvalue weighted by Crippen LogP contribution is -2.43. The van der Waals surface area contributed by atoms with Crippen molar-refractivity contribution in [2.24, 2.45) is 5.92 Å². The second-order valence-electron chi connectivity index (χ2n) is 7.63. The van der Waals surface area contributed by atoms with Gasteiger partial charge in [0.2, 0.25) is 0 Å². The molecule has 0 bridgehead atoms. The van der Waals surface area contributed by atoms with Crippen molar-refractivity contribution in [1.82, 2.24) is 10.2 Å². The molecule has 1 saturated heterocycles. The summed E-state index contributed by atoms with van der Waals surface area (Å²) in [5.74, 6) is -2.63. The first-order valence-electron chi connectivity index (χ1n) is 9.90. The van der Waals surface area contributed by atoms with Crippen molar-refractivity contribution in [2.75, 3.05) is 19.6 Å². The third-order valence-corrected chi connectivity index (χ3v) is 6.08. The molecule has 5 N–H and O–H groups in total. The number of carboxylic acid groups (broad SMARTS) is 2. The Morgan fingerprint density at radius 1 is 1.03 bits per heavy atom. The fourth-order valence-electron chi connectivity index (χ4n) is 3.31. The van der Waals surface area contributed by atoms with Crippen LogP contribution in [0.25, 0.3) is 0 Å². The highest BCUT2D eigenvalue weighted by Gasteiger charge is 2.30. The van der Waals surface area contributed by atoms with Gasteiger partial charge in [-0.3, -0.25) is 4.90 Å². The highest BCUT2D eigenvalue weighted by molar-refractivity contribution is 6.42. The molecule has 30 heavy (non-hydrogen) atoms. The Hall–Kier alpha value is -1.42. The number of nitrogens with zero attached hydrogens (tertiary/aromatic N) is 1. The van der Waals surface area contributed by atoms with Crippen molar-refractivity contribution in [3.05, 3.63) is 33.8 Å². The second kappa shape index (κ2) is 11.8. The zero-order valence-electron chi connectivity index (χ0n) is 16.5. The van der Waals surface area contributed by atoms with Crippen LogP contribution < -0.4 is 5.32 Å². The van der Waals surface area contributed by atoms with Gasteiger partial charge in [0.15, 0.2) is 12.2 Å². The summed E-state index contributed by atoms with van der Waals surface area (Å²) < 4.78 is 0. The van der Waals surface area contributed by atoms with Crippen molar-refractivity contribution in [3.8, 4) is 0 Å². The van der Waals surface area contributed by atoms with E-state index in [0.29, 0.717) is 11.1 Å². The number of aliphatic hydroxyl groups is 2. The monoisotopic (exact) mass is 462 g/mol. The summed E-state index contributed by atoms with van der Waals surface area (Å²) >= 11 is 12.5. The Bertz CT molecular complexity index is 707. The summed E-state index contributed by atoms with van der Waals surface area (Å²) in [5.41, 5.74) is 1.17. The van der Waals surface area contributed by atoms with Crippen LogP contribution in [0.4, 0.5) is 0 Å². The average molecular weight is 463 g/mol. The molecule has 2 atom stereocenters. The van der Waals surface area contributed by atoms with Crippen LogP contribution in [0.2, 0.25) is 10.0 Å². The van der Waals surface area contributed by atoms with E-state index in [9.17, 15) is 9.59 Å². The predicted molar refractivity (Wildman–Crippen MR) is 113 cm³/mol. The fourth-order valence-corrected chi connectivity index (χ4v) is 3.69.